The molecule has 0 aliphatic rings. The van der Waals surface area contributed by atoms with Gasteiger partial charge in [-0.2, -0.15) is 0 Å². The Hall–Kier alpha value is -1.88. The number of ether oxygens (including phenoxy) is 3. The summed E-state index contributed by atoms with van der Waals surface area (Å²) in [5, 5.41) is 0.756. The van der Waals surface area contributed by atoms with Gasteiger partial charge in [-0.25, -0.2) is 4.79 Å². The summed E-state index contributed by atoms with van der Waals surface area (Å²) >= 11 is 4.40. The Balaban J connectivity index is 2.01. The van der Waals surface area contributed by atoms with Gasteiger partial charge in [-0.3, -0.25) is 4.98 Å². The van der Waals surface area contributed by atoms with E-state index in [1.165, 1.54) is 6.26 Å². The molecule has 3 aromatic rings. The molecule has 0 bridgehead atoms. The molecular weight excluding hydrogens is 608 g/mol. The molecule has 0 spiro atoms. The van der Waals surface area contributed by atoms with Gasteiger partial charge in [0.15, 0.2) is 0 Å². The van der Waals surface area contributed by atoms with Crippen molar-refractivity contribution in [2.75, 3.05) is 13.2 Å². The lowest BCUT2D eigenvalue weighted by Crippen LogP contribution is -2.26. The molecular formula is C23H21I2NO4. The Morgan fingerprint density at radius 3 is 2.60 bits per heavy atom. The average Bonchev–Trinajstić information content (AvgIpc) is 2.73. The van der Waals surface area contributed by atoms with E-state index < -0.39 is 11.6 Å². The Morgan fingerprint density at radius 2 is 1.90 bits per heavy atom. The molecule has 1 aromatic heterocycles. The Kier molecular flexibility index (Phi) is 7.56. The highest BCUT2D eigenvalue weighted by molar-refractivity contribution is 14.1. The van der Waals surface area contributed by atoms with E-state index >= 15 is 0 Å². The fourth-order valence-corrected chi connectivity index (χ4v) is 4.41. The summed E-state index contributed by atoms with van der Waals surface area (Å²) < 4.78 is 18.7. The number of hydrogen-bond acceptors (Lipinski definition) is 5. The SMILES string of the molecule is C=COCCOc1cc(C(=O)OC(C)(C)c2ccccc2)c2c(I)ccnc2c1I. The van der Waals surface area contributed by atoms with Crippen molar-refractivity contribution in [3.05, 3.63) is 79.8 Å². The summed E-state index contributed by atoms with van der Waals surface area (Å²) in [6.45, 7) is 7.95. The van der Waals surface area contributed by atoms with Crippen molar-refractivity contribution in [1.29, 1.82) is 0 Å². The summed E-state index contributed by atoms with van der Waals surface area (Å²) in [4.78, 5) is 17.8. The van der Waals surface area contributed by atoms with Gasteiger partial charge in [0.1, 0.15) is 24.6 Å². The second kappa shape index (κ2) is 9.95. The molecule has 0 aliphatic carbocycles. The van der Waals surface area contributed by atoms with Gasteiger partial charge in [-0.15, -0.1) is 0 Å². The number of carbonyl (C=O) groups excluding carboxylic acids is 1. The van der Waals surface area contributed by atoms with E-state index in [0.29, 0.717) is 30.0 Å². The van der Waals surface area contributed by atoms with Crippen LogP contribution in [0.3, 0.4) is 0 Å². The van der Waals surface area contributed by atoms with E-state index in [0.717, 1.165) is 18.1 Å². The van der Waals surface area contributed by atoms with Gasteiger partial charge in [0.05, 0.1) is 20.9 Å². The van der Waals surface area contributed by atoms with Gasteiger partial charge in [-0.05, 0) is 76.7 Å². The maximum absolute atomic E-state index is 13.3. The molecule has 30 heavy (non-hydrogen) atoms. The fourth-order valence-electron chi connectivity index (χ4n) is 2.98. The van der Waals surface area contributed by atoms with Gasteiger partial charge in [0.2, 0.25) is 0 Å². The van der Waals surface area contributed by atoms with Gasteiger partial charge in [0.25, 0.3) is 0 Å². The summed E-state index contributed by atoms with van der Waals surface area (Å²) in [5.41, 5.74) is 1.25. The third-order valence-electron chi connectivity index (χ3n) is 4.48. The lowest BCUT2D eigenvalue weighted by atomic mass is 9.98. The monoisotopic (exact) mass is 629 g/mol. The molecule has 0 saturated carbocycles. The molecule has 1 heterocycles. The predicted octanol–water partition coefficient (Wildman–Crippen LogP) is 6.08. The van der Waals surface area contributed by atoms with Crippen LogP contribution in [-0.2, 0) is 15.1 Å². The van der Waals surface area contributed by atoms with Crippen molar-refractivity contribution < 1.29 is 19.0 Å². The van der Waals surface area contributed by atoms with E-state index in [-0.39, 0.29) is 0 Å². The summed E-state index contributed by atoms with van der Waals surface area (Å²) in [5.74, 6) is 0.137. The van der Waals surface area contributed by atoms with E-state index in [1.807, 2.05) is 50.2 Å². The average molecular weight is 629 g/mol. The smallest absolute Gasteiger partial charge is 0.339 e. The van der Waals surface area contributed by atoms with Crippen LogP contribution in [0.1, 0.15) is 29.8 Å². The number of rotatable bonds is 8. The molecule has 7 heteroatoms. The highest BCUT2D eigenvalue weighted by Crippen LogP contribution is 2.35. The van der Waals surface area contributed by atoms with Crippen molar-refractivity contribution in [3.8, 4) is 5.75 Å². The Bertz CT molecular complexity index is 1070. The van der Waals surface area contributed by atoms with E-state index in [4.69, 9.17) is 14.2 Å². The molecule has 0 unspecified atom stereocenters. The van der Waals surface area contributed by atoms with Crippen molar-refractivity contribution in [1.82, 2.24) is 4.98 Å². The minimum Gasteiger partial charge on any atom is -0.498 e. The zero-order valence-corrected chi connectivity index (χ0v) is 21.0. The first-order valence-electron chi connectivity index (χ1n) is 9.26. The minimum atomic E-state index is -0.792. The number of fused-ring (bicyclic) bond motifs is 1. The van der Waals surface area contributed by atoms with E-state index in [9.17, 15) is 4.79 Å². The largest absolute Gasteiger partial charge is 0.498 e. The number of benzene rings is 2. The third-order valence-corrected chi connectivity index (χ3v) is 6.42. The van der Waals surface area contributed by atoms with Gasteiger partial charge in [-0.1, -0.05) is 36.9 Å². The standard InChI is InChI=1S/C23H21I2NO4/c1-4-28-12-13-29-18-14-16(19-17(24)10-11-26-21(19)20(18)25)22(27)30-23(2,3)15-8-6-5-7-9-15/h4-11,14H,1,12-13H2,2-3H3. The van der Waals surface area contributed by atoms with Gasteiger partial charge >= 0.3 is 5.97 Å². The van der Waals surface area contributed by atoms with Crippen LogP contribution >= 0.6 is 45.2 Å². The number of esters is 1. The quantitative estimate of drug-likeness (QED) is 0.131. The lowest BCUT2D eigenvalue weighted by molar-refractivity contribution is -0.00295. The molecule has 0 N–H and O–H groups in total. The predicted molar refractivity (Wildman–Crippen MR) is 134 cm³/mol. The zero-order chi connectivity index (χ0) is 21.7. The first kappa shape index (κ1) is 22.8. The second-order valence-corrected chi connectivity index (χ2v) is 9.15. The van der Waals surface area contributed by atoms with Gasteiger partial charge in [0, 0.05) is 15.2 Å². The van der Waals surface area contributed by atoms with E-state index in [2.05, 4.69) is 56.7 Å². The number of aromatic nitrogens is 1. The van der Waals surface area contributed by atoms with Crippen molar-refractivity contribution in [2.24, 2.45) is 0 Å². The van der Waals surface area contributed by atoms with Crippen LogP contribution in [0.25, 0.3) is 10.9 Å². The fraction of sp³-hybridized carbons (Fsp3) is 0.217. The van der Waals surface area contributed by atoms with Crippen LogP contribution in [0.15, 0.2) is 61.5 Å². The molecule has 3 rings (SSSR count). The number of carbonyl (C=O) groups is 1. The molecule has 0 fully saturated rings. The van der Waals surface area contributed by atoms with Crippen LogP contribution in [0.2, 0.25) is 0 Å². The molecule has 2 aromatic carbocycles. The highest BCUT2D eigenvalue weighted by Gasteiger charge is 2.28. The maximum Gasteiger partial charge on any atom is 0.339 e. The normalized spacial score (nSPS) is 11.2. The maximum atomic E-state index is 13.3. The Morgan fingerprint density at radius 1 is 1.17 bits per heavy atom. The highest BCUT2D eigenvalue weighted by atomic mass is 127. The molecule has 0 aliphatic heterocycles. The molecule has 5 nitrogen and oxygen atoms in total. The van der Waals surface area contributed by atoms with Crippen molar-refractivity contribution >= 4 is 62.1 Å². The first-order valence-corrected chi connectivity index (χ1v) is 11.4. The van der Waals surface area contributed by atoms with Crippen LogP contribution < -0.4 is 4.74 Å². The molecule has 0 radical (unpaired) electrons. The minimum absolute atomic E-state index is 0.321. The summed E-state index contributed by atoms with van der Waals surface area (Å²) in [6.07, 6.45) is 3.09. The van der Waals surface area contributed by atoms with Gasteiger partial charge < -0.3 is 14.2 Å². The topological polar surface area (TPSA) is 57.7 Å². The third kappa shape index (κ3) is 5.05. The molecule has 0 atom stereocenters. The lowest BCUT2D eigenvalue weighted by Gasteiger charge is -2.26. The number of hydrogen-bond donors (Lipinski definition) is 0. The number of nitrogens with zero attached hydrogens (tertiary/aromatic N) is 1. The molecule has 156 valence electrons. The van der Waals surface area contributed by atoms with Crippen molar-refractivity contribution in [3.63, 3.8) is 0 Å². The van der Waals surface area contributed by atoms with Crippen LogP contribution in [0.4, 0.5) is 0 Å². The summed E-state index contributed by atoms with van der Waals surface area (Å²) in [6, 6.07) is 13.3. The zero-order valence-electron chi connectivity index (χ0n) is 16.7. The number of pyridine rings is 1. The Labute approximate surface area is 203 Å². The number of halogens is 2. The first-order chi connectivity index (χ1) is 14.3. The summed E-state index contributed by atoms with van der Waals surface area (Å²) in [7, 11) is 0. The second-order valence-electron chi connectivity index (χ2n) is 6.90. The van der Waals surface area contributed by atoms with Crippen LogP contribution in [-0.4, -0.2) is 24.2 Å². The molecule has 0 amide bonds. The van der Waals surface area contributed by atoms with Crippen molar-refractivity contribution in [2.45, 2.75) is 19.4 Å². The van der Waals surface area contributed by atoms with Crippen LogP contribution in [0.5, 0.6) is 5.75 Å². The van der Waals surface area contributed by atoms with Crippen LogP contribution in [0, 0.1) is 7.14 Å². The molecule has 0 saturated heterocycles. The van der Waals surface area contributed by atoms with E-state index in [1.54, 1.807) is 12.3 Å².